The van der Waals surface area contributed by atoms with Crippen LogP contribution < -0.4 is 10.5 Å². The van der Waals surface area contributed by atoms with E-state index in [1.165, 1.54) is 0 Å². The van der Waals surface area contributed by atoms with Gasteiger partial charge in [-0.1, -0.05) is 5.16 Å². The molecule has 4 nitrogen and oxygen atoms in total. The molecule has 84 valence electrons. The van der Waals surface area contributed by atoms with Gasteiger partial charge in [-0.25, -0.2) is 0 Å². The molecule has 0 unspecified atom stereocenters. The molecule has 2 rings (SSSR count). The average molecular weight is 236 g/mol. The number of aromatic nitrogens is 1. The molecule has 0 saturated heterocycles. The highest BCUT2D eigenvalue weighted by atomic mass is 32.2. The van der Waals surface area contributed by atoms with Gasteiger partial charge in [0, 0.05) is 16.5 Å². The van der Waals surface area contributed by atoms with Gasteiger partial charge in [0.05, 0.1) is 7.11 Å². The lowest BCUT2D eigenvalue weighted by Gasteiger charge is -2.07. The van der Waals surface area contributed by atoms with Crippen LogP contribution in [0.1, 0.15) is 0 Å². The van der Waals surface area contributed by atoms with Gasteiger partial charge < -0.3 is 15.0 Å². The molecule has 2 aromatic rings. The van der Waals surface area contributed by atoms with Crippen molar-refractivity contribution in [1.29, 1.82) is 0 Å². The van der Waals surface area contributed by atoms with Crippen molar-refractivity contribution in [2.24, 2.45) is 0 Å². The minimum absolute atomic E-state index is 0.297. The molecule has 0 aliphatic rings. The molecule has 1 heterocycles. The van der Waals surface area contributed by atoms with E-state index in [0.717, 1.165) is 16.2 Å². The summed E-state index contributed by atoms with van der Waals surface area (Å²) in [6, 6.07) is 7.59. The van der Waals surface area contributed by atoms with Crippen LogP contribution in [0.2, 0.25) is 0 Å². The molecule has 5 heteroatoms. The van der Waals surface area contributed by atoms with Crippen molar-refractivity contribution in [2.75, 3.05) is 19.1 Å². The van der Waals surface area contributed by atoms with Gasteiger partial charge in [-0.3, -0.25) is 0 Å². The number of ether oxygens (including phenoxy) is 1. The van der Waals surface area contributed by atoms with Crippen LogP contribution in [0.3, 0.4) is 0 Å². The molecule has 0 radical (unpaired) electrons. The van der Waals surface area contributed by atoms with Gasteiger partial charge in [0.2, 0.25) is 5.88 Å². The van der Waals surface area contributed by atoms with E-state index >= 15 is 0 Å². The molecule has 1 aromatic carbocycles. The van der Waals surface area contributed by atoms with Crippen LogP contribution in [0.15, 0.2) is 33.7 Å². The van der Waals surface area contributed by atoms with E-state index in [2.05, 4.69) is 5.16 Å². The monoisotopic (exact) mass is 236 g/mol. The van der Waals surface area contributed by atoms with E-state index in [9.17, 15) is 0 Å². The minimum Gasteiger partial charge on any atom is -0.496 e. The number of anilines is 1. The second kappa shape index (κ2) is 4.49. The van der Waals surface area contributed by atoms with Crippen LogP contribution in [-0.2, 0) is 0 Å². The molecular formula is C11H12N2O2S. The van der Waals surface area contributed by atoms with E-state index in [4.69, 9.17) is 15.0 Å². The number of hydrogen-bond acceptors (Lipinski definition) is 5. The van der Waals surface area contributed by atoms with Crippen molar-refractivity contribution >= 4 is 17.6 Å². The normalized spacial score (nSPS) is 10.4. The second-order valence-electron chi connectivity index (χ2n) is 3.18. The number of methoxy groups -OCH3 is 1. The van der Waals surface area contributed by atoms with E-state index in [1.807, 2.05) is 24.5 Å². The Hall–Kier alpha value is -1.62. The molecular weight excluding hydrogens is 224 g/mol. The quantitative estimate of drug-likeness (QED) is 0.830. The van der Waals surface area contributed by atoms with Crippen molar-refractivity contribution in [1.82, 2.24) is 5.16 Å². The topological polar surface area (TPSA) is 61.3 Å². The maximum atomic E-state index is 5.49. The van der Waals surface area contributed by atoms with Gasteiger partial charge >= 0.3 is 0 Å². The van der Waals surface area contributed by atoms with Crippen LogP contribution >= 0.6 is 11.8 Å². The zero-order valence-electron chi connectivity index (χ0n) is 9.06. The fourth-order valence-corrected chi connectivity index (χ4v) is 1.86. The Kier molecular flexibility index (Phi) is 3.05. The van der Waals surface area contributed by atoms with Crippen molar-refractivity contribution in [3.8, 4) is 17.0 Å². The molecule has 0 amide bonds. The fraction of sp³-hybridized carbons (Fsp3) is 0.182. The summed E-state index contributed by atoms with van der Waals surface area (Å²) in [6.07, 6.45) is 2.02. The standard InChI is InChI=1S/C11H12N2O2S/c1-14-10-5-7(16-2)3-4-8(10)9-6-11(12)15-13-9/h3-6H,12H2,1-2H3. The third-order valence-electron chi connectivity index (χ3n) is 2.21. The number of hydrogen-bond donors (Lipinski definition) is 1. The minimum atomic E-state index is 0.297. The van der Waals surface area contributed by atoms with Crippen molar-refractivity contribution in [3.63, 3.8) is 0 Å². The molecule has 0 aliphatic carbocycles. The Morgan fingerprint density at radius 3 is 2.75 bits per heavy atom. The lowest BCUT2D eigenvalue weighted by molar-refractivity contribution is 0.413. The van der Waals surface area contributed by atoms with Gasteiger partial charge in [-0.05, 0) is 24.5 Å². The Morgan fingerprint density at radius 2 is 2.19 bits per heavy atom. The summed E-state index contributed by atoms with van der Waals surface area (Å²) in [5, 5.41) is 3.86. The maximum Gasteiger partial charge on any atom is 0.222 e. The number of nitrogens with zero attached hydrogens (tertiary/aromatic N) is 1. The summed E-state index contributed by atoms with van der Waals surface area (Å²) < 4.78 is 10.2. The Labute approximate surface area is 97.8 Å². The van der Waals surface area contributed by atoms with Gasteiger partial charge in [0.25, 0.3) is 0 Å². The lowest BCUT2D eigenvalue weighted by atomic mass is 10.1. The summed E-state index contributed by atoms with van der Waals surface area (Å²) in [5.74, 6) is 1.06. The van der Waals surface area contributed by atoms with Crippen molar-refractivity contribution < 1.29 is 9.26 Å². The maximum absolute atomic E-state index is 5.49. The summed E-state index contributed by atoms with van der Waals surface area (Å²) in [7, 11) is 1.63. The number of benzene rings is 1. The molecule has 0 saturated carbocycles. The Bertz CT molecular complexity index is 496. The van der Waals surface area contributed by atoms with Crippen LogP contribution in [0.4, 0.5) is 5.88 Å². The largest absolute Gasteiger partial charge is 0.496 e. The molecule has 16 heavy (non-hydrogen) atoms. The van der Waals surface area contributed by atoms with Gasteiger partial charge in [0.15, 0.2) is 0 Å². The fourth-order valence-electron chi connectivity index (χ4n) is 1.43. The van der Waals surface area contributed by atoms with Crippen molar-refractivity contribution in [2.45, 2.75) is 4.90 Å². The van der Waals surface area contributed by atoms with E-state index < -0.39 is 0 Å². The third kappa shape index (κ3) is 1.99. The summed E-state index contributed by atoms with van der Waals surface area (Å²) in [4.78, 5) is 1.14. The average Bonchev–Trinajstić information content (AvgIpc) is 2.74. The zero-order chi connectivity index (χ0) is 11.5. The second-order valence-corrected chi connectivity index (χ2v) is 4.06. The molecule has 0 bridgehead atoms. The number of nitrogens with two attached hydrogens (primary N) is 1. The first kappa shape index (κ1) is 10.9. The first-order chi connectivity index (χ1) is 7.74. The summed E-state index contributed by atoms with van der Waals surface area (Å²) in [5.41, 5.74) is 7.05. The van der Waals surface area contributed by atoms with Crippen LogP contribution in [0.5, 0.6) is 5.75 Å². The van der Waals surface area contributed by atoms with E-state index in [0.29, 0.717) is 11.6 Å². The molecule has 1 aromatic heterocycles. The molecule has 2 N–H and O–H groups in total. The third-order valence-corrected chi connectivity index (χ3v) is 2.94. The molecule has 0 atom stereocenters. The SMILES string of the molecule is COc1cc(SC)ccc1-c1cc(N)on1. The number of nitrogen functional groups attached to an aromatic ring is 1. The first-order valence-electron chi connectivity index (χ1n) is 4.69. The molecule has 0 spiro atoms. The Morgan fingerprint density at radius 1 is 1.38 bits per heavy atom. The molecule has 0 aliphatic heterocycles. The van der Waals surface area contributed by atoms with Crippen molar-refractivity contribution in [3.05, 3.63) is 24.3 Å². The highest BCUT2D eigenvalue weighted by molar-refractivity contribution is 7.98. The molecule has 0 fully saturated rings. The highest BCUT2D eigenvalue weighted by Crippen LogP contribution is 2.33. The first-order valence-corrected chi connectivity index (χ1v) is 5.91. The van der Waals surface area contributed by atoms with Crippen LogP contribution in [0.25, 0.3) is 11.3 Å². The van der Waals surface area contributed by atoms with Gasteiger partial charge in [0.1, 0.15) is 11.4 Å². The Balaban J connectivity index is 2.48. The van der Waals surface area contributed by atoms with E-state index in [-0.39, 0.29) is 0 Å². The summed E-state index contributed by atoms with van der Waals surface area (Å²) >= 11 is 1.66. The summed E-state index contributed by atoms with van der Waals surface area (Å²) in [6.45, 7) is 0. The van der Waals surface area contributed by atoms with E-state index in [1.54, 1.807) is 24.9 Å². The smallest absolute Gasteiger partial charge is 0.222 e. The zero-order valence-corrected chi connectivity index (χ0v) is 9.88. The predicted octanol–water partition coefficient (Wildman–Crippen LogP) is 2.65. The highest BCUT2D eigenvalue weighted by Gasteiger charge is 2.10. The van der Waals surface area contributed by atoms with Crippen LogP contribution in [0, 0.1) is 0 Å². The van der Waals surface area contributed by atoms with Gasteiger partial charge in [-0.15, -0.1) is 11.8 Å². The number of rotatable bonds is 3. The lowest BCUT2D eigenvalue weighted by Crippen LogP contribution is -1.88. The van der Waals surface area contributed by atoms with Gasteiger partial charge in [-0.2, -0.15) is 0 Å². The van der Waals surface area contributed by atoms with Crippen LogP contribution in [-0.4, -0.2) is 18.5 Å². The number of thioether (sulfide) groups is 1. The predicted molar refractivity (Wildman–Crippen MR) is 64.7 cm³/mol.